The van der Waals surface area contributed by atoms with Gasteiger partial charge < -0.3 is 64.9 Å². The summed E-state index contributed by atoms with van der Waals surface area (Å²) in [4.78, 5) is 0. The van der Waals surface area contributed by atoms with Crippen molar-refractivity contribution < 1.29 is 64.9 Å². The van der Waals surface area contributed by atoms with Crippen LogP contribution in [0, 0.1) is 45.3 Å². The predicted octanol–water partition coefficient (Wildman–Crippen LogP) is 1.76. The Morgan fingerprint density at radius 1 is 0.778 bits per heavy atom. The van der Waals surface area contributed by atoms with Gasteiger partial charge in [-0.1, -0.05) is 46.3 Å². The first kappa shape index (κ1) is 42.8. The zero-order valence-electron chi connectivity index (χ0n) is 33.5. The highest BCUT2D eigenvalue weighted by Crippen LogP contribution is 2.76. The van der Waals surface area contributed by atoms with Gasteiger partial charge in [-0.2, -0.15) is 0 Å². The van der Waals surface area contributed by atoms with Crippen molar-refractivity contribution in [1.29, 1.82) is 0 Å². The van der Waals surface area contributed by atoms with Gasteiger partial charge in [-0.3, -0.25) is 0 Å². The summed E-state index contributed by atoms with van der Waals surface area (Å²) < 4.78 is 24.0. The van der Waals surface area contributed by atoms with Gasteiger partial charge in [0.05, 0.1) is 37.1 Å². The van der Waals surface area contributed by atoms with E-state index in [0.29, 0.717) is 32.1 Å². The lowest BCUT2D eigenvalue weighted by Crippen LogP contribution is -2.70. The molecule has 20 atom stereocenters. The number of ether oxygens (including phenoxy) is 4. The van der Waals surface area contributed by atoms with E-state index in [1.54, 1.807) is 0 Å². The first-order chi connectivity index (χ1) is 25.0. The van der Waals surface area contributed by atoms with Crippen LogP contribution >= 0.6 is 0 Å². The zero-order valence-corrected chi connectivity index (χ0v) is 33.5. The average Bonchev–Trinajstić information content (AvgIpc) is 3.47. The molecular weight excluding hydrogens is 700 g/mol. The monoisotopic (exact) mass is 770 g/mol. The van der Waals surface area contributed by atoms with Crippen molar-refractivity contribution in [3.05, 3.63) is 11.6 Å². The molecule has 4 aliphatic carbocycles. The highest BCUT2D eigenvalue weighted by Gasteiger charge is 2.73. The molecule has 0 amide bonds. The van der Waals surface area contributed by atoms with Crippen molar-refractivity contribution in [2.24, 2.45) is 45.3 Å². The third-order valence-corrected chi connectivity index (χ3v) is 16.2. The average molecular weight is 771 g/mol. The fourth-order valence-corrected chi connectivity index (χ4v) is 13.1. The summed E-state index contributed by atoms with van der Waals surface area (Å²) >= 11 is 0. The van der Waals surface area contributed by atoms with Crippen molar-refractivity contribution >= 4 is 0 Å². The molecule has 0 bridgehead atoms. The first-order valence-electron chi connectivity index (χ1n) is 20.4. The molecule has 2 aliphatic heterocycles. The molecule has 2 heterocycles. The van der Waals surface area contributed by atoms with E-state index >= 15 is 0 Å². The molecule has 0 spiro atoms. The molecule has 6 aliphatic rings. The molecule has 9 N–H and O–H groups in total. The van der Waals surface area contributed by atoms with E-state index in [0.717, 1.165) is 24.8 Å². The second-order valence-electron chi connectivity index (χ2n) is 19.8. The summed E-state index contributed by atoms with van der Waals surface area (Å²) in [6.07, 6.45) is -7.53. The summed E-state index contributed by atoms with van der Waals surface area (Å²) in [7, 11) is 0. The molecule has 13 nitrogen and oxygen atoms in total. The normalized spacial score (nSPS) is 52.8. The summed E-state index contributed by atoms with van der Waals surface area (Å²) in [5, 5.41) is 99.1. The number of allylic oxidation sites excluding steroid dienone is 2. The third kappa shape index (κ3) is 6.86. The molecule has 4 saturated carbocycles. The predicted molar refractivity (Wildman–Crippen MR) is 196 cm³/mol. The minimum atomic E-state index is -1.66. The van der Waals surface area contributed by atoms with E-state index in [-0.39, 0.29) is 53.1 Å². The molecule has 6 rings (SSSR count). The van der Waals surface area contributed by atoms with Crippen LogP contribution in [0.3, 0.4) is 0 Å². The largest absolute Gasteiger partial charge is 0.393 e. The van der Waals surface area contributed by atoms with Gasteiger partial charge in [-0.15, -0.1) is 0 Å². The van der Waals surface area contributed by atoms with Crippen molar-refractivity contribution in [1.82, 2.24) is 0 Å². The number of aliphatic hydroxyl groups excluding tert-OH is 9. The second kappa shape index (κ2) is 15.1. The Balaban J connectivity index is 1.27. The molecule has 0 aromatic carbocycles. The van der Waals surface area contributed by atoms with Crippen molar-refractivity contribution in [2.75, 3.05) is 13.2 Å². The van der Waals surface area contributed by atoms with Gasteiger partial charge in [0.15, 0.2) is 12.6 Å². The molecule has 0 aromatic rings. The van der Waals surface area contributed by atoms with Crippen molar-refractivity contribution in [2.45, 2.75) is 186 Å². The van der Waals surface area contributed by atoms with Gasteiger partial charge in [0.2, 0.25) is 0 Å². The maximum Gasteiger partial charge on any atom is 0.187 e. The van der Waals surface area contributed by atoms with Crippen LogP contribution in [0.25, 0.3) is 0 Å². The molecule has 13 heteroatoms. The van der Waals surface area contributed by atoms with E-state index in [1.165, 1.54) is 0 Å². The van der Waals surface area contributed by atoms with Crippen molar-refractivity contribution in [3.63, 3.8) is 0 Å². The molecule has 0 aromatic heterocycles. The number of hydrogen-bond donors (Lipinski definition) is 9. The molecule has 2 saturated heterocycles. The fraction of sp³-hybridized carbons (Fsp3) is 0.951. The Morgan fingerprint density at radius 3 is 2.11 bits per heavy atom. The van der Waals surface area contributed by atoms with Gasteiger partial charge in [0.25, 0.3) is 0 Å². The second-order valence-corrected chi connectivity index (χ2v) is 19.8. The number of hydrogen-bond acceptors (Lipinski definition) is 13. The van der Waals surface area contributed by atoms with Crippen LogP contribution in [0.4, 0.5) is 0 Å². The Kier molecular flexibility index (Phi) is 12.0. The van der Waals surface area contributed by atoms with Crippen LogP contribution in [-0.4, -0.2) is 138 Å². The SMILES string of the molecule is CC(C)=CCC[C@](C)(O[C@@H]1O[C@H](CO[C@@H]2OC[C@H](O)[C@H](O)[C@H]2O)[C@@H](O)[C@H](O)[C@H]1O)C1CC[C@]2(C)C1[C@H](O)CC1[C@@]3(C)CC[C@H](O)C(C)(C)C3[C@@H](O)C[C@]12C. The molecule has 4 unspecified atom stereocenters. The Morgan fingerprint density at radius 2 is 1.44 bits per heavy atom. The minimum absolute atomic E-state index is 0.109. The number of rotatable bonds is 9. The smallest absolute Gasteiger partial charge is 0.187 e. The maximum absolute atomic E-state index is 12.4. The lowest BCUT2D eigenvalue weighted by Gasteiger charge is -2.71. The first-order valence-corrected chi connectivity index (χ1v) is 20.4. The summed E-state index contributed by atoms with van der Waals surface area (Å²) in [6.45, 7) is 16.4. The van der Waals surface area contributed by atoms with E-state index in [2.05, 4.69) is 40.7 Å². The highest BCUT2D eigenvalue weighted by molar-refractivity contribution is 5.22. The number of aliphatic hydroxyl groups is 9. The third-order valence-electron chi connectivity index (χ3n) is 16.2. The highest BCUT2D eigenvalue weighted by atomic mass is 16.7. The molecule has 6 fully saturated rings. The quantitative estimate of drug-likeness (QED) is 0.153. The Labute approximate surface area is 320 Å². The van der Waals surface area contributed by atoms with Gasteiger partial charge >= 0.3 is 0 Å². The van der Waals surface area contributed by atoms with E-state index in [9.17, 15) is 46.0 Å². The van der Waals surface area contributed by atoms with Crippen LogP contribution in [0.5, 0.6) is 0 Å². The van der Waals surface area contributed by atoms with Crippen LogP contribution in [0.1, 0.15) is 107 Å². The fourth-order valence-electron chi connectivity index (χ4n) is 13.1. The van der Waals surface area contributed by atoms with E-state index in [1.807, 2.05) is 20.8 Å². The summed E-state index contributed by atoms with van der Waals surface area (Å²) in [6, 6.07) is 0. The summed E-state index contributed by atoms with van der Waals surface area (Å²) in [5.41, 5.74) is -1.30. The lowest BCUT2D eigenvalue weighted by atomic mass is 9.34. The van der Waals surface area contributed by atoms with Crippen LogP contribution in [-0.2, 0) is 18.9 Å². The minimum Gasteiger partial charge on any atom is -0.393 e. The lowest BCUT2D eigenvalue weighted by molar-refractivity contribution is -0.346. The van der Waals surface area contributed by atoms with Crippen LogP contribution < -0.4 is 0 Å². The molecule has 54 heavy (non-hydrogen) atoms. The Hall–Kier alpha value is -0.780. The van der Waals surface area contributed by atoms with Crippen LogP contribution in [0.2, 0.25) is 0 Å². The van der Waals surface area contributed by atoms with Gasteiger partial charge in [0.1, 0.15) is 42.7 Å². The van der Waals surface area contributed by atoms with Crippen LogP contribution in [0.15, 0.2) is 11.6 Å². The zero-order chi connectivity index (χ0) is 39.9. The van der Waals surface area contributed by atoms with Gasteiger partial charge in [-0.25, -0.2) is 0 Å². The topological polar surface area (TPSA) is 219 Å². The standard InChI is InChI=1S/C41H70O13/c1-20(2)10-9-13-41(8,54-36-33(50)31(48)30(47)25(53-36)19-52-35-32(49)29(46)24(44)18-51-35)21-11-15-39(6)28(21)22(42)16-26-38(5)14-12-27(45)37(3,4)34(38)23(43)17-40(26,39)7/h10,21-36,42-50H,9,11-19H2,1-8H3/t21?,22-,23+,24+,25-,26?,27+,28?,29+,30-,31+,32-,33-,34?,35+,36+,38-,39-,40-,41+/m1/s1. The van der Waals surface area contributed by atoms with Gasteiger partial charge in [-0.05, 0) is 117 Å². The van der Waals surface area contributed by atoms with Gasteiger partial charge in [0, 0.05) is 0 Å². The van der Waals surface area contributed by atoms with Crippen molar-refractivity contribution in [3.8, 4) is 0 Å². The maximum atomic E-state index is 12.4. The van der Waals surface area contributed by atoms with E-state index < -0.39 is 84.6 Å². The van der Waals surface area contributed by atoms with E-state index in [4.69, 9.17) is 18.9 Å². The number of fused-ring (bicyclic) bond motifs is 5. The molecular formula is C41H70O13. The molecule has 0 radical (unpaired) electrons. The molecule has 312 valence electrons. The Bertz CT molecular complexity index is 1360. The summed E-state index contributed by atoms with van der Waals surface area (Å²) in [5.74, 6) is -0.398.